The Morgan fingerprint density at radius 2 is 1.26 bits per heavy atom. The van der Waals surface area contributed by atoms with Gasteiger partial charge in [0.25, 0.3) is 0 Å². The maximum absolute atomic E-state index is 11.8. The fraction of sp³-hybridized carbons (Fsp3) is 0.182. The Labute approximate surface area is 313 Å². The van der Waals surface area contributed by atoms with E-state index >= 15 is 0 Å². The van der Waals surface area contributed by atoms with Gasteiger partial charge in [0.2, 0.25) is 0 Å². The molecule has 1 N–H and O–H groups in total. The molecule has 0 fully saturated rings. The Morgan fingerprint density at radius 3 is 1.80 bits per heavy atom. The van der Waals surface area contributed by atoms with Gasteiger partial charge in [0, 0.05) is 50.8 Å². The first-order valence-corrected chi connectivity index (χ1v) is 23.8. The molecule has 1 heterocycles. The number of benzene rings is 5. The SMILES string of the molecule is Cc1[c-]c(-c2cc(-c3ccccc3)c3cc([Si](C)(C)C)ccc3n2)cc(C)c1[Si](C)(C)C.O=C(/C=C(\O)c1ccccc1)c1ccccc1.[Ir]. The molecular weight excluding hydrogens is 823 g/mol. The van der Waals surface area contributed by atoms with Crippen LogP contribution in [0.2, 0.25) is 39.3 Å². The minimum Gasteiger partial charge on any atom is -0.507 e. The molecule has 5 aromatic carbocycles. The topological polar surface area (TPSA) is 50.2 Å². The van der Waals surface area contributed by atoms with Gasteiger partial charge in [-0.15, -0.1) is 34.0 Å². The number of hydrogen-bond acceptors (Lipinski definition) is 3. The number of carbonyl (C=O) groups is 1. The smallest absolute Gasteiger partial charge is 0.189 e. The van der Waals surface area contributed by atoms with Crippen molar-refractivity contribution in [1.29, 1.82) is 0 Å². The Hall–Kier alpha value is -4.20. The van der Waals surface area contributed by atoms with Gasteiger partial charge < -0.3 is 5.11 Å². The number of rotatable bonds is 7. The number of hydrogen-bond donors (Lipinski definition) is 1. The molecule has 0 spiro atoms. The average Bonchev–Trinajstić information content (AvgIpc) is 3.07. The first kappa shape index (κ1) is 38.6. The molecule has 1 aromatic heterocycles. The molecule has 0 saturated heterocycles. The molecule has 0 bridgehead atoms. The van der Waals surface area contributed by atoms with E-state index in [4.69, 9.17) is 4.98 Å². The summed E-state index contributed by atoms with van der Waals surface area (Å²) in [5, 5.41) is 14.0. The maximum atomic E-state index is 11.8. The fourth-order valence-electron chi connectivity index (χ4n) is 6.37. The van der Waals surface area contributed by atoms with Crippen LogP contribution in [-0.2, 0) is 20.1 Å². The van der Waals surface area contributed by atoms with Crippen LogP contribution in [-0.4, -0.2) is 32.0 Å². The van der Waals surface area contributed by atoms with E-state index in [1.165, 1.54) is 44.1 Å². The predicted molar refractivity (Wildman–Crippen MR) is 215 cm³/mol. The molecule has 0 aliphatic rings. The van der Waals surface area contributed by atoms with Crippen LogP contribution in [0, 0.1) is 19.9 Å². The van der Waals surface area contributed by atoms with Gasteiger partial charge in [0.1, 0.15) is 5.76 Å². The molecule has 0 aliphatic carbocycles. The molecule has 6 heteroatoms. The predicted octanol–water partition coefficient (Wildman–Crippen LogP) is 10.5. The third-order valence-electron chi connectivity index (χ3n) is 8.63. The summed E-state index contributed by atoms with van der Waals surface area (Å²) < 4.78 is 0. The van der Waals surface area contributed by atoms with Crippen LogP contribution in [0.15, 0.2) is 127 Å². The zero-order chi connectivity index (χ0) is 35.3. The molecule has 0 unspecified atom stereocenters. The van der Waals surface area contributed by atoms with Gasteiger partial charge in [-0.2, -0.15) is 0 Å². The normalized spacial score (nSPS) is 11.7. The largest absolute Gasteiger partial charge is 0.507 e. The van der Waals surface area contributed by atoms with Gasteiger partial charge in [0.05, 0.1) is 13.6 Å². The molecule has 0 atom stereocenters. The number of carbonyl (C=O) groups excluding carboxylic acids is 1. The third-order valence-corrected chi connectivity index (χ3v) is 12.9. The molecule has 0 amide bonds. The van der Waals surface area contributed by atoms with E-state index in [2.05, 4.69) is 120 Å². The molecule has 50 heavy (non-hydrogen) atoms. The summed E-state index contributed by atoms with van der Waals surface area (Å²) in [6, 6.07) is 43.7. The van der Waals surface area contributed by atoms with Crippen molar-refractivity contribution in [2.45, 2.75) is 53.1 Å². The van der Waals surface area contributed by atoms with E-state index in [0.717, 1.165) is 16.8 Å². The van der Waals surface area contributed by atoms with E-state index in [1.807, 2.05) is 24.3 Å². The van der Waals surface area contributed by atoms with Gasteiger partial charge in [-0.25, -0.2) is 0 Å². The standard InChI is InChI=1S/C29H34NSi2.C15H12O2.Ir/c1-20-16-23(17-21(2)29(20)32(6,7)8)28-19-25(22-12-10-9-11-13-22)26-18-24(31(3,4)5)14-15-27(26)30-28;16-14(12-7-3-1-4-8-12)11-15(17)13-9-5-2-6-10-13;/h9-16,18-19H,1-8H3;1-11,16H;/q-1;;/b;14-11-;. The van der Waals surface area contributed by atoms with Crippen molar-refractivity contribution in [3.8, 4) is 22.4 Å². The summed E-state index contributed by atoms with van der Waals surface area (Å²) in [6.45, 7) is 18.9. The molecule has 3 nitrogen and oxygen atoms in total. The molecule has 257 valence electrons. The summed E-state index contributed by atoms with van der Waals surface area (Å²) >= 11 is 0. The molecular formula is C44H46IrNO2Si2-. The van der Waals surface area contributed by atoms with Crippen molar-refractivity contribution in [2.24, 2.45) is 0 Å². The number of aliphatic hydroxyl groups excluding tert-OH is 1. The van der Waals surface area contributed by atoms with E-state index in [1.54, 1.807) is 36.4 Å². The minimum absolute atomic E-state index is 0. The average molecular weight is 869 g/mol. The zero-order valence-corrected chi connectivity index (χ0v) is 34.7. The number of aromatic nitrogens is 1. The summed E-state index contributed by atoms with van der Waals surface area (Å²) in [6.07, 6.45) is 1.24. The Balaban J connectivity index is 0.000000264. The monoisotopic (exact) mass is 869 g/mol. The molecule has 6 rings (SSSR count). The van der Waals surface area contributed by atoms with E-state index in [0.29, 0.717) is 11.1 Å². The van der Waals surface area contributed by atoms with Crippen LogP contribution >= 0.6 is 0 Å². The quantitative estimate of drug-likeness (QED) is 0.0572. The number of pyridine rings is 1. The van der Waals surface area contributed by atoms with Crippen LogP contribution in [0.1, 0.15) is 27.0 Å². The van der Waals surface area contributed by atoms with Crippen LogP contribution in [0.4, 0.5) is 0 Å². The maximum Gasteiger partial charge on any atom is 0.189 e. The molecule has 1 radical (unpaired) electrons. The summed E-state index contributed by atoms with van der Waals surface area (Å²) in [5.41, 5.74) is 9.49. The van der Waals surface area contributed by atoms with Crippen molar-refractivity contribution in [3.05, 3.63) is 156 Å². The summed E-state index contributed by atoms with van der Waals surface area (Å²) in [5.74, 6) is -0.216. The first-order chi connectivity index (χ1) is 23.2. The van der Waals surface area contributed by atoms with E-state index < -0.39 is 16.1 Å². The van der Waals surface area contributed by atoms with Crippen LogP contribution in [0.5, 0.6) is 0 Å². The number of fused-ring (bicyclic) bond motifs is 1. The van der Waals surface area contributed by atoms with Gasteiger partial charge in [-0.05, 0) is 22.9 Å². The molecule has 0 saturated carbocycles. The zero-order valence-electron chi connectivity index (χ0n) is 30.3. The Morgan fingerprint density at radius 1 is 0.700 bits per heavy atom. The second-order valence-corrected chi connectivity index (χ2v) is 24.7. The van der Waals surface area contributed by atoms with Crippen LogP contribution < -0.4 is 10.4 Å². The van der Waals surface area contributed by atoms with Gasteiger partial charge >= 0.3 is 0 Å². The number of ketones is 1. The third kappa shape index (κ3) is 9.32. The summed E-state index contributed by atoms with van der Waals surface area (Å²) in [4.78, 5) is 16.9. The van der Waals surface area contributed by atoms with Crippen LogP contribution in [0.25, 0.3) is 39.0 Å². The second kappa shape index (κ2) is 16.2. The number of nitrogens with zero attached hydrogens (tertiary/aromatic N) is 1. The fourth-order valence-corrected chi connectivity index (χ4v) is 9.97. The summed E-state index contributed by atoms with van der Waals surface area (Å²) in [7, 11) is -2.85. The Bertz CT molecular complexity index is 2090. The van der Waals surface area contributed by atoms with E-state index in [-0.39, 0.29) is 31.6 Å². The number of aryl methyl sites for hydroxylation is 2. The van der Waals surface area contributed by atoms with Gasteiger partial charge in [0.15, 0.2) is 5.78 Å². The van der Waals surface area contributed by atoms with Crippen molar-refractivity contribution >= 4 is 49.0 Å². The van der Waals surface area contributed by atoms with Crippen molar-refractivity contribution in [3.63, 3.8) is 0 Å². The number of allylic oxidation sites excluding steroid dienone is 1. The van der Waals surface area contributed by atoms with Crippen molar-refractivity contribution < 1.29 is 30.0 Å². The minimum atomic E-state index is -1.43. The van der Waals surface area contributed by atoms with E-state index in [9.17, 15) is 9.90 Å². The van der Waals surface area contributed by atoms with Crippen molar-refractivity contribution in [1.82, 2.24) is 4.98 Å². The van der Waals surface area contributed by atoms with Crippen LogP contribution in [0.3, 0.4) is 0 Å². The Kier molecular flexibility index (Phi) is 12.5. The molecule has 0 aliphatic heterocycles. The van der Waals surface area contributed by atoms with Gasteiger partial charge in [-0.1, -0.05) is 168 Å². The van der Waals surface area contributed by atoms with Crippen molar-refractivity contribution in [2.75, 3.05) is 0 Å². The molecule has 6 aromatic rings. The second-order valence-electron chi connectivity index (χ2n) is 14.6. The first-order valence-electron chi connectivity index (χ1n) is 16.8. The van der Waals surface area contributed by atoms with Gasteiger partial charge in [-0.3, -0.25) is 9.78 Å². The number of aliphatic hydroxyl groups is 1.